The summed E-state index contributed by atoms with van der Waals surface area (Å²) in [5.41, 5.74) is 0.427. The SMILES string of the molecule is CCc1ccc(C(C)NCCC(C)(C)C)s1. The van der Waals surface area contributed by atoms with Gasteiger partial charge in [-0.2, -0.15) is 0 Å². The maximum Gasteiger partial charge on any atom is 0.0386 e. The normalized spacial score (nSPS) is 14.1. The number of hydrogen-bond donors (Lipinski definition) is 1. The average molecular weight is 239 g/mol. The molecule has 16 heavy (non-hydrogen) atoms. The van der Waals surface area contributed by atoms with Crippen molar-refractivity contribution < 1.29 is 0 Å². The molecule has 92 valence electrons. The third-order valence-corrected chi connectivity index (χ3v) is 4.20. The molecule has 0 bridgehead atoms. The van der Waals surface area contributed by atoms with Gasteiger partial charge in [0, 0.05) is 15.8 Å². The molecule has 1 aromatic heterocycles. The highest BCUT2D eigenvalue weighted by atomic mass is 32.1. The minimum absolute atomic E-state index is 0.427. The Kier molecular flexibility index (Phi) is 5.00. The van der Waals surface area contributed by atoms with Gasteiger partial charge in [-0.25, -0.2) is 0 Å². The fourth-order valence-electron chi connectivity index (χ4n) is 1.58. The Hall–Kier alpha value is -0.340. The van der Waals surface area contributed by atoms with Gasteiger partial charge in [0.05, 0.1) is 0 Å². The average Bonchev–Trinajstić information content (AvgIpc) is 2.63. The van der Waals surface area contributed by atoms with Crippen molar-refractivity contribution in [2.24, 2.45) is 5.41 Å². The zero-order valence-corrected chi connectivity index (χ0v) is 12.1. The summed E-state index contributed by atoms with van der Waals surface area (Å²) < 4.78 is 0. The van der Waals surface area contributed by atoms with E-state index in [4.69, 9.17) is 0 Å². The van der Waals surface area contributed by atoms with Gasteiger partial charge >= 0.3 is 0 Å². The highest BCUT2D eigenvalue weighted by Crippen LogP contribution is 2.24. The second-order valence-electron chi connectivity index (χ2n) is 5.64. The van der Waals surface area contributed by atoms with Gasteiger partial charge in [0.15, 0.2) is 0 Å². The number of rotatable bonds is 5. The lowest BCUT2D eigenvalue weighted by molar-refractivity contribution is 0.358. The van der Waals surface area contributed by atoms with E-state index in [1.807, 2.05) is 11.3 Å². The van der Waals surface area contributed by atoms with E-state index < -0.39 is 0 Å². The predicted octanol–water partition coefficient (Wildman–Crippen LogP) is 4.40. The molecule has 1 N–H and O–H groups in total. The molecule has 0 saturated heterocycles. The van der Waals surface area contributed by atoms with E-state index in [1.165, 1.54) is 16.2 Å². The van der Waals surface area contributed by atoms with Crippen molar-refractivity contribution in [3.8, 4) is 0 Å². The Morgan fingerprint density at radius 1 is 1.31 bits per heavy atom. The van der Waals surface area contributed by atoms with Gasteiger partial charge in [0.25, 0.3) is 0 Å². The number of nitrogens with one attached hydrogen (secondary N) is 1. The van der Waals surface area contributed by atoms with E-state index in [9.17, 15) is 0 Å². The van der Waals surface area contributed by atoms with Gasteiger partial charge in [-0.15, -0.1) is 11.3 Å². The van der Waals surface area contributed by atoms with Gasteiger partial charge in [-0.05, 0) is 43.9 Å². The van der Waals surface area contributed by atoms with Crippen LogP contribution in [0.3, 0.4) is 0 Å². The van der Waals surface area contributed by atoms with E-state index in [2.05, 4.69) is 52.1 Å². The third-order valence-electron chi connectivity index (χ3n) is 2.78. The maximum absolute atomic E-state index is 3.60. The van der Waals surface area contributed by atoms with Crippen LogP contribution in [0, 0.1) is 5.41 Å². The van der Waals surface area contributed by atoms with E-state index in [0.717, 1.165) is 13.0 Å². The quantitative estimate of drug-likeness (QED) is 0.803. The van der Waals surface area contributed by atoms with Crippen molar-refractivity contribution in [2.75, 3.05) is 6.54 Å². The molecule has 1 aromatic rings. The summed E-state index contributed by atoms with van der Waals surface area (Å²) in [6.07, 6.45) is 2.38. The van der Waals surface area contributed by atoms with Crippen LogP contribution in [0.4, 0.5) is 0 Å². The van der Waals surface area contributed by atoms with Crippen LogP contribution < -0.4 is 5.32 Å². The zero-order valence-electron chi connectivity index (χ0n) is 11.3. The molecule has 0 aliphatic rings. The highest BCUT2D eigenvalue weighted by molar-refractivity contribution is 7.12. The summed E-state index contributed by atoms with van der Waals surface area (Å²) >= 11 is 1.94. The van der Waals surface area contributed by atoms with E-state index in [1.54, 1.807) is 0 Å². The smallest absolute Gasteiger partial charge is 0.0386 e. The van der Waals surface area contributed by atoms with Crippen LogP contribution in [-0.2, 0) is 6.42 Å². The summed E-state index contributed by atoms with van der Waals surface area (Å²) in [6.45, 7) is 12.4. The minimum atomic E-state index is 0.427. The molecular weight excluding hydrogens is 214 g/mol. The Bertz CT molecular complexity index is 309. The lowest BCUT2D eigenvalue weighted by Gasteiger charge is -2.20. The third kappa shape index (κ3) is 4.67. The van der Waals surface area contributed by atoms with Crippen LogP contribution in [0.5, 0.6) is 0 Å². The molecule has 1 unspecified atom stereocenters. The van der Waals surface area contributed by atoms with Gasteiger partial charge in [0.2, 0.25) is 0 Å². The molecule has 0 fully saturated rings. The van der Waals surface area contributed by atoms with Gasteiger partial charge in [-0.3, -0.25) is 0 Å². The fraction of sp³-hybridized carbons (Fsp3) is 0.714. The van der Waals surface area contributed by atoms with E-state index in [0.29, 0.717) is 11.5 Å². The number of hydrogen-bond acceptors (Lipinski definition) is 2. The molecule has 1 heterocycles. The Labute approximate surface area is 104 Å². The molecule has 0 aliphatic heterocycles. The molecule has 1 rings (SSSR count). The van der Waals surface area contributed by atoms with Crippen molar-refractivity contribution in [1.82, 2.24) is 5.32 Å². The predicted molar refractivity (Wildman–Crippen MR) is 74.2 cm³/mol. The molecule has 0 spiro atoms. The first-order chi connectivity index (χ1) is 7.42. The molecule has 1 atom stereocenters. The summed E-state index contributed by atoms with van der Waals surface area (Å²) in [4.78, 5) is 2.95. The Morgan fingerprint density at radius 3 is 2.50 bits per heavy atom. The van der Waals surface area contributed by atoms with Crippen molar-refractivity contribution in [3.63, 3.8) is 0 Å². The van der Waals surface area contributed by atoms with Crippen LogP contribution in [-0.4, -0.2) is 6.54 Å². The first-order valence-corrected chi connectivity index (χ1v) is 7.06. The first-order valence-electron chi connectivity index (χ1n) is 6.24. The van der Waals surface area contributed by atoms with Crippen LogP contribution in [0.2, 0.25) is 0 Å². The van der Waals surface area contributed by atoms with Crippen molar-refractivity contribution in [3.05, 3.63) is 21.9 Å². The summed E-state index contributed by atoms with van der Waals surface area (Å²) in [6, 6.07) is 5.01. The van der Waals surface area contributed by atoms with Crippen LogP contribution in [0.15, 0.2) is 12.1 Å². The van der Waals surface area contributed by atoms with Crippen LogP contribution >= 0.6 is 11.3 Å². The monoisotopic (exact) mass is 239 g/mol. The molecule has 2 heteroatoms. The Morgan fingerprint density at radius 2 is 2.00 bits per heavy atom. The summed E-state index contributed by atoms with van der Waals surface area (Å²) in [5.74, 6) is 0. The lowest BCUT2D eigenvalue weighted by Crippen LogP contribution is -2.23. The van der Waals surface area contributed by atoms with Gasteiger partial charge in [-0.1, -0.05) is 27.7 Å². The van der Waals surface area contributed by atoms with Crippen LogP contribution in [0.25, 0.3) is 0 Å². The zero-order chi connectivity index (χ0) is 12.2. The van der Waals surface area contributed by atoms with Crippen molar-refractivity contribution in [1.29, 1.82) is 0 Å². The first kappa shape index (κ1) is 13.7. The van der Waals surface area contributed by atoms with E-state index >= 15 is 0 Å². The molecular formula is C14H25NS. The summed E-state index contributed by atoms with van der Waals surface area (Å²) in [7, 11) is 0. The molecule has 0 radical (unpaired) electrons. The minimum Gasteiger partial charge on any atom is -0.309 e. The molecule has 0 aliphatic carbocycles. The van der Waals surface area contributed by atoms with E-state index in [-0.39, 0.29) is 0 Å². The topological polar surface area (TPSA) is 12.0 Å². The largest absolute Gasteiger partial charge is 0.309 e. The van der Waals surface area contributed by atoms with Gasteiger partial charge < -0.3 is 5.32 Å². The molecule has 0 amide bonds. The number of thiophene rings is 1. The molecule has 1 nitrogen and oxygen atoms in total. The second-order valence-corrected chi connectivity index (χ2v) is 6.84. The van der Waals surface area contributed by atoms with Crippen molar-refractivity contribution in [2.45, 2.75) is 53.5 Å². The summed E-state index contributed by atoms with van der Waals surface area (Å²) in [5, 5.41) is 3.60. The van der Waals surface area contributed by atoms with Gasteiger partial charge in [0.1, 0.15) is 0 Å². The second kappa shape index (κ2) is 5.83. The van der Waals surface area contributed by atoms with Crippen molar-refractivity contribution >= 4 is 11.3 Å². The standard InChI is InChI=1S/C14H25NS/c1-6-12-7-8-13(16-12)11(2)15-10-9-14(3,4)5/h7-8,11,15H,6,9-10H2,1-5H3. The fourth-order valence-corrected chi connectivity index (χ4v) is 2.56. The maximum atomic E-state index is 3.60. The highest BCUT2D eigenvalue weighted by Gasteiger charge is 2.12. The molecule has 0 saturated carbocycles. The number of aryl methyl sites for hydroxylation is 1. The van der Waals surface area contributed by atoms with Crippen LogP contribution in [0.1, 0.15) is 56.8 Å². The lowest BCUT2D eigenvalue weighted by atomic mass is 9.92. The Balaban J connectivity index is 2.37. The molecule has 0 aromatic carbocycles.